The number of alkyl halides is 1. The molecule has 0 aliphatic carbocycles. The first-order valence-electron chi connectivity index (χ1n) is 6.29. The Balaban J connectivity index is 2.42. The van der Waals surface area contributed by atoms with E-state index in [1.165, 1.54) is 7.11 Å². The summed E-state index contributed by atoms with van der Waals surface area (Å²) in [5, 5.41) is 2.85. The highest BCUT2D eigenvalue weighted by molar-refractivity contribution is 9.09. The largest absolute Gasteiger partial charge is 0.497 e. The van der Waals surface area contributed by atoms with Crippen LogP contribution >= 0.6 is 15.9 Å². The Labute approximate surface area is 131 Å². The predicted molar refractivity (Wildman–Crippen MR) is 85.3 cm³/mol. The number of benzene rings is 2. The predicted octanol–water partition coefficient (Wildman–Crippen LogP) is 3.26. The van der Waals surface area contributed by atoms with Gasteiger partial charge in [0.25, 0.3) is 0 Å². The number of hydrogen-bond acceptors (Lipinski definition) is 3. The average Bonchev–Trinajstić information content (AvgIpc) is 2.54. The molecule has 2 aromatic carbocycles. The average molecular weight is 348 g/mol. The Hall–Kier alpha value is -2.14. The summed E-state index contributed by atoms with van der Waals surface area (Å²) in [5.74, 6) is 0.193. The normalized spacial score (nSPS) is 10.0. The van der Waals surface area contributed by atoms with Crippen molar-refractivity contribution < 1.29 is 14.3 Å². The van der Waals surface area contributed by atoms with Crippen LogP contribution < -0.4 is 10.1 Å². The van der Waals surface area contributed by atoms with Crippen molar-refractivity contribution >= 4 is 33.3 Å². The molecule has 0 fully saturated rings. The van der Waals surface area contributed by atoms with Gasteiger partial charge in [0.15, 0.2) is 5.78 Å². The number of ketones is 1. The molecule has 0 radical (unpaired) electrons. The second kappa shape index (κ2) is 7.04. The van der Waals surface area contributed by atoms with Gasteiger partial charge in [-0.05, 0) is 12.1 Å². The summed E-state index contributed by atoms with van der Waals surface area (Å²) in [6, 6.07) is 13.9. The lowest BCUT2D eigenvalue weighted by atomic mass is 10.0. The van der Waals surface area contributed by atoms with Crippen LogP contribution in [-0.2, 0) is 4.79 Å². The van der Waals surface area contributed by atoms with E-state index in [1.54, 1.807) is 42.5 Å². The summed E-state index contributed by atoms with van der Waals surface area (Å²) >= 11 is 3.09. The molecule has 5 heteroatoms. The number of methoxy groups -OCH3 is 1. The highest BCUT2D eigenvalue weighted by Gasteiger charge is 2.15. The summed E-state index contributed by atoms with van der Waals surface area (Å²) in [5.41, 5.74) is 1.43. The molecule has 108 valence electrons. The lowest BCUT2D eigenvalue weighted by molar-refractivity contribution is -0.113. The molecule has 0 heterocycles. The summed E-state index contributed by atoms with van der Waals surface area (Å²) in [7, 11) is 1.53. The SMILES string of the molecule is COc1ccc(C(=O)c2ccccc2)c(NC(=O)CBr)c1. The van der Waals surface area contributed by atoms with E-state index in [-0.39, 0.29) is 17.0 Å². The fourth-order valence-corrected chi connectivity index (χ4v) is 2.02. The van der Waals surface area contributed by atoms with Gasteiger partial charge in [0.05, 0.1) is 18.1 Å². The number of anilines is 1. The van der Waals surface area contributed by atoms with Gasteiger partial charge in [-0.3, -0.25) is 9.59 Å². The van der Waals surface area contributed by atoms with Crippen molar-refractivity contribution in [3.05, 3.63) is 59.7 Å². The van der Waals surface area contributed by atoms with Gasteiger partial charge >= 0.3 is 0 Å². The molecule has 0 aliphatic rings. The molecule has 4 nitrogen and oxygen atoms in total. The van der Waals surface area contributed by atoms with Crippen LogP contribution in [0.2, 0.25) is 0 Å². The number of amides is 1. The maximum absolute atomic E-state index is 12.5. The van der Waals surface area contributed by atoms with E-state index in [2.05, 4.69) is 21.2 Å². The van der Waals surface area contributed by atoms with Gasteiger partial charge in [-0.2, -0.15) is 0 Å². The van der Waals surface area contributed by atoms with Crippen LogP contribution in [-0.4, -0.2) is 24.1 Å². The Morgan fingerprint density at radius 1 is 1.14 bits per heavy atom. The van der Waals surface area contributed by atoms with Crippen LogP contribution in [0.5, 0.6) is 5.75 Å². The van der Waals surface area contributed by atoms with E-state index >= 15 is 0 Å². The minimum atomic E-state index is -0.231. The Morgan fingerprint density at radius 3 is 2.48 bits per heavy atom. The lowest BCUT2D eigenvalue weighted by Gasteiger charge is -2.11. The molecule has 0 aliphatic heterocycles. The molecular weight excluding hydrogens is 334 g/mol. The highest BCUT2D eigenvalue weighted by atomic mass is 79.9. The van der Waals surface area contributed by atoms with E-state index in [1.807, 2.05) is 6.07 Å². The van der Waals surface area contributed by atoms with Crippen molar-refractivity contribution in [2.24, 2.45) is 0 Å². The molecule has 0 saturated heterocycles. The molecule has 0 saturated carbocycles. The minimum Gasteiger partial charge on any atom is -0.497 e. The second-order valence-electron chi connectivity index (χ2n) is 4.29. The number of carbonyl (C=O) groups is 2. The Bertz CT molecular complexity index is 656. The van der Waals surface area contributed by atoms with Crippen molar-refractivity contribution in [1.82, 2.24) is 0 Å². The molecule has 21 heavy (non-hydrogen) atoms. The molecule has 2 rings (SSSR count). The van der Waals surface area contributed by atoms with Crippen LogP contribution in [0.3, 0.4) is 0 Å². The monoisotopic (exact) mass is 347 g/mol. The number of hydrogen-bond donors (Lipinski definition) is 1. The Morgan fingerprint density at radius 2 is 1.86 bits per heavy atom. The van der Waals surface area contributed by atoms with Crippen LogP contribution in [0.15, 0.2) is 48.5 Å². The zero-order chi connectivity index (χ0) is 15.2. The first kappa shape index (κ1) is 15.3. The smallest absolute Gasteiger partial charge is 0.235 e. The zero-order valence-electron chi connectivity index (χ0n) is 11.4. The Kier molecular flexibility index (Phi) is 5.11. The van der Waals surface area contributed by atoms with E-state index < -0.39 is 0 Å². The molecule has 0 unspecified atom stereocenters. The molecule has 0 aromatic heterocycles. The maximum Gasteiger partial charge on any atom is 0.235 e. The second-order valence-corrected chi connectivity index (χ2v) is 4.85. The van der Waals surface area contributed by atoms with Gasteiger partial charge in [-0.25, -0.2) is 0 Å². The molecule has 0 atom stereocenters. The van der Waals surface area contributed by atoms with Gasteiger partial charge in [0.1, 0.15) is 5.75 Å². The fourth-order valence-electron chi connectivity index (χ4n) is 1.88. The number of ether oxygens (including phenoxy) is 1. The van der Waals surface area contributed by atoms with Gasteiger partial charge in [-0.1, -0.05) is 46.3 Å². The molecule has 1 amide bonds. The minimum absolute atomic E-state index is 0.150. The number of carbonyl (C=O) groups excluding carboxylic acids is 2. The first-order valence-corrected chi connectivity index (χ1v) is 7.41. The number of rotatable bonds is 5. The molecule has 0 bridgehead atoms. The molecular formula is C16H14BrNO3. The third-order valence-corrected chi connectivity index (χ3v) is 3.41. The van der Waals surface area contributed by atoms with Crippen LogP contribution in [0, 0.1) is 0 Å². The number of halogens is 1. The maximum atomic E-state index is 12.5. The van der Waals surface area contributed by atoms with Gasteiger partial charge < -0.3 is 10.1 Å². The van der Waals surface area contributed by atoms with Crippen LogP contribution in [0.25, 0.3) is 0 Å². The van der Waals surface area contributed by atoms with Crippen LogP contribution in [0.4, 0.5) is 5.69 Å². The van der Waals surface area contributed by atoms with E-state index in [9.17, 15) is 9.59 Å². The van der Waals surface area contributed by atoms with E-state index in [0.29, 0.717) is 22.6 Å². The van der Waals surface area contributed by atoms with Gasteiger partial charge in [0, 0.05) is 17.2 Å². The first-order chi connectivity index (χ1) is 10.2. The van der Waals surface area contributed by atoms with Crippen molar-refractivity contribution in [3.8, 4) is 5.75 Å². The summed E-state index contributed by atoms with van der Waals surface area (Å²) < 4.78 is 5.14. The van der Waals surface area contributed by atoms with Gasteiger partial charge in [-0.15, -0.1) is 0 Å². The highest BCUT2D eigenvalue weighted by Crippen LogP contribution is 2.25. The van der Waals surface area contributed by atoms with E-state index in [4.69, 9.17) is 4.74 Å². The fraction of sp³-hybridized carbons (Fsp3) is 0.125. The van der Waals surface area contributed by atoms with Crippen molar-refractivity contribution in [2.75, 3.05) is 17.8 Å². The zero-order valence-corrected chi connectivity index (χ0v) is 13.0. The molecule has 2 aromatic rings. The van der Waals surface area contributed by atoms with Crippen molar-refractivity contribution in [2.45, 2.75) is 0 Å². The van der Waals surface area contributed by atoms with Crippen molar-refractivity contribution in [3.63, 3.8) is 0 Å². The lowest BCUT2D eigenvalue weighted by Crippen LogP contribution is -2.15. The van der Waals surface area contributed by atoms with Crippen LogP contribution in [0.1, 0.15) is 15.9 Å². The quantitative estimate of drug-likeness (QED) is 0.667. The summed E-state index contributed by atoms with van der Waals surface area (Å²) in [6.07, 6.45) is 0. The number of nitrogens with one attached hydrogen (secondary N) is 1. The summed E-state index contributed by atoms with van der Waals surface area (Å²) in [4.78, 5) is 24.1. The molecule has 0 spiro atoms. The summed E-state index contributed by atoms with van der Waals surface area (Å²) in [6.45, 7) is 0. The van der Waals surface area contributed by atoms with Gasteiger partial charge in [0.2, 0.25) is 5.91 Å². The molecule has 1 N–H and O–H groups in total. The third-order valence-electron chi connectivity index (χ3n) is 2.90. The van der Waals surface area contributed by atoms with E-state index in [0.717, 1.165) is 0 Å². The third kappa shape index (κ3) is 3.70. The standard InChI is InChI=1S/C16H14BrNO3/c1-21-12-7-8-13(14(9-12)18-15(19)10-17)16(20)11-5-3-2-4-6-11/h2-9H,10H2,1H3,(H,18,19). The topological polar surface area (TPSA) is 55.4 Å². The van der Waals surface area contributed by atoms with Crippen molar-refractivity contribution in [1.29, 1.82) is 0 Å².